The van der Waals surface area contributed by atoms with Gasteiger partial charge in [-0.05, 0) is 55.0 Å². The van der Waals surface area contributed by atoms with Crippen molar-refractivity contribution in [3.8, 4) is 5.75 Å². The molecule has 2 aromatic carbocycles. The smallest absolute Gasteiger partial charge is 0.238 e. The first-order valence-electron chi connectivity index (χ1n) is 11.3. The number of amidine groups is 1. The topological polar surface area (TPSA) is 71.0 Å². The Kier molecular flexibility index (Phi) is 9.63. The third-order valence-corrected chi connectivity index (χ3v) is 6.77. The second-order valence-corrected chi connectivity index (χ2v) is 9.47. The van der Waals surface area contributed by atoms with E-state index in [1.807, 2.05) is 0 Å². The largest absolute Gasteiger partial charge is 0.497 e. The number of rotatable bonds is 10. The highest BCUT2D eigenvalue weighted by molar-refractivity contribution is 8.15. The van der Waals surface area contributed by atoms with Crippen molar-refractivity contribution in [1.82, 2.24) is 4.90 Å². The number of amides is 2. The highest BCUT2D eigenvalue weighted by Gasteiger charge is 2.35. The molecular formula is C25H30ClN3O3S. The molecule has 0 aromatic heterocycles. The number of halogens is 1. The van der Waals surface area contributed by atoms with Gasteiger partial charge in [0.2, 0.25) is 11.8 Å². The van der Waals surface area contributed by atoms with Gasteiger partial charge < -0.3 is 10.1 Å². The molecule has 1 unspecified atom stereocenters. The third-order valence-electron chi connectivity index (χ3n) is 5.33. The highest BCUT2D eigenvalue weighted by Crippen LogP contribution is 2.31. The summed E-state index contributed by atoms with van der Waals surface area (Å²) in [6, 6.07) is 14.2. The number of nitrogens with zero attached hydrogens (tertiary/aromatic N) is 2. The molecule has 1 aliphatic rings. The van der Waals surface area contributed by atoms with E-state index in [0.717, 1.165) is 19.3 Å². The number of benzene rings is 2. The van der Waals surface area contributed by atoms with Gasteiger partial charge in [-0.2, -0.15) is 0 Å². The van der Waals surface area contributed by atoms with Crippen LogP contribution in [0.2, 0.25) is 5.02 Å². The quantitative estimate of drug-likeness (QED) is 0.400. The van der Waals surface area contributed by atoms with Crippen molar-refractivity contribution < 1.29 is 14.3 Å². The summed E-state index contributed by atoms with van der Waals surface area (Å²) in [7, 11) is 1.59. The van der Waals surface area contributed by atoms with E-state index in [1.165, 1.54) is 24.6 Å². The molecule has 1 aliphatic heterocycles. The highest BCUT2D eigenvalue weighted by atomic mass is 35.5. The van der Waals surface area contributed by atoms with Gasteiger partial charge in [0.25, 0.3) is 0 Å². The molecule has 0 saturated carbocycles. The van der Waals surface area contributed by atoms with E-state index in [0.29, 0.717) is 33.9 Å². The Hall–Kier alpha value is -2.51. The Labute approximate surface area is 204 Å². The molecule has 1 N–H and O–H groups in total. The van der Waals surface area contributed by atoms with Gasteiger partial charge in [0.1, 0.15) is 11.0 Å². The van der Waals surface area contributed by atoms with Gasteiger partial charge in [-0.25, -0.2) is 4.99 Å². The van der Waals surface area contributed by atoms with Crippen LogP contribution in [0.25, 0.3) is 0 Å². The molecule has 8 heteroatoms. The van der Waals surface area contributed by atoms with Crippen LogP contribution in [0.15, 0.2) is 53.5 Å². The van der Waals surface area contributed by atoms with E-state index in [2.05, 4.69) is 12.2 Å². The third kappa shape index (κ3) is 7.51. The molecule has 0 radical (unpaired) electrons. The first-order valence-corrected chi connectivity index (χ1v) is 12.5. The maximum absolute atomic E-state index is 13.0. The minimum absolute atomic E-state index is 0.0770. The molecule has 176 valence electrons. The van der Waals surface area contributed by atoms with Crippen LogP contribution in [0.5, 0.6) is 5.75 Å². The molecular weight excluding hydrogens is 458 g/mol. The number of hydrogen-bond donors (Lipinski definition) is 1. The molecule has 33 heavy (non-hydrogen) atoms. The fourth-order valence-electron chi connectivity index (χ4n) is 3.46. The number of anilines is 1. The van der Waals surface area contributed by atoms with E-state index in [-0.39, 0.29) is 18.2 Å². The van der Waals surface area contributed by atoms with E-state index in [1.54, 1.807) is 60.5 Å². The van der Waals surface area contributed by atoms with Crippen molar-refractivity contribution in [2.45, 2.75) is 50.7 Å². The van der Waals surface area contributed by atoms with Crippen molar-refractivity contribution in [3.63, 3.8) is 0 Å². The number of carbonyl (C=O) groups is 2. The average molecular weight is 488 g/mol. The van der Waals surface area contributed by atoms with Gasteiger partial charge in [-0.15, -0.1) is 0 Å². The fourth-order valence-corrected chi connectivity index (χ4v) is 4.71. The van der Waals surface area contributed by atoms with Crippen LogP contribution in [0, 0.1) is 0 Å². The summed E-state index contributed by atoms with van der Waals surface area (Å²) in [5, 5.41) is 3.52. The Balaban J connectivity index is 1.73. The SMILES string of the molecule is CCCCCCCN1C(=O)CC(C(=O)Nc2ccc(OC)cc2)SC1=Nc1ccc(Cl)cc1. The normalized spacial score (nSPS) is 17.3. The van der Waals surface area contributed by atoms with Crippen LogP contribution < -0.4 is 10.1 Å². The molecule has 1 fully saturated rings. The lowest BCUT2D eigenvalue weighted by Gasteiger charge is -2.32. The maximum atomic E-state index is 13.0. The van der Waals surface area contributed by atoms with Gasteiger partial charge in [-0.3, -0.25) is 14.5 Å². The predicted octanol–water partition coefficient (Wildman–Crippen LogP) is 6.28. The standard InChI is InChI=1S/C25H30ClN3O3S/c1-3-4-5-6-7-16-29-23(30)17-22(24(31)27-19-12-14-21(32-2)15-13-19)33-25(29)28-20-10-8-18(26)9-11-20/h8-15,22H,3-7,16-17H2,1-2H3,(H,27,31). The number of thioether (sulfide) groups is 1. The molecule has 1 heterocycles. The molecule has 1 atom stereocenters. The number of unbranched alkanes of at least 4 members (excludes halogenated alkanes) is 4. The van der Waals surface area contributed by atoms with Gasteiger partial charge in [0.15, 0.2) is 5.17 Å². The minimum atomic E-state index is -0.554. The van der Waals surface area contributed by atoms with Crippen LogP contribution in [0.4, 0.5) is 11.4 Å². The summed E-state index contributed by atoms with van der Waals surface area (Å²) >= 11 is 7.33. The van der Waals surface area contributed by atoms with Crippen LogP contribution >= 0.6 is 23.4 Å². The van der Waals surface area contributed by atoms with Gasteiger partial charge in [0.05, 0.1) is 12.8 Å². The molecule has 3 rings (SSSR count). The minimum Gasteiger partial charge on any atom is -0.497 e. The van der Waals surface area contributed by atoms with E-state index < -0.39 is 5.25 Å². The Bertz CT molecular complexity index is 964. The Morgan fingerprint density at radius 2 is 1.82 bits per heavy atom. The monoisotopic (exact) mass is 487 g/mol. The number of ether oxygens (including phenoxy) is 1. The van der Waals surface area contributed by atoms with Gasteiger partial charge in [0, 0.05) is 23.7 Å². The molecule has 0 bridgehead atoms. The average Bonchev–Trinajstić information content (AvgIpc) is 2.82. The number of nitrogens with one attached hydrogen (secondary N) is 1. The molecule has 1 saturated heterocycles. The van der Waals surface area contributed by atoms with Crippen molar-refractivity contribution in [1.29, 1.82) is 0 Å². The van der Waals surface area contributed by atoms with Crippen molar-refractivity contribution in [3.05, 3.63) is 53.6 Å². The number of carbonyl (C=O) groups excluding carboxylic acids is 2. The van der Waals surface area contributed by atoms with Gasteiger partial charge in [-0.1, -0.05) is 56.0 Å². The van der Waals surface area contributed by atoms with E-state index in [9.17, 15) is 9.59 Å². The Morgan fingerprint density at radius 1 is 1.12 bits per heavy atom. The summed E-state index contributed by atoms with van der Waals surface area (Å²) < 4.78 is 5.16. The Morgan fingerprint density at radius 3 is 2.48 bits per heavy atom. The zero-order valence-corrected chi connectivity index (χ0v) is 20.6. The number of aliphatic imine (C=N–C) groups is 1. The lowest BCUT2D eigenvalue weighted by Crippen LogP contribution is -2.45. The summed E-state index contributed by atoms with van der Waals surface area (Å²) in [4.78, 5) is 32.4. The summed E-state index contributed by atoms with van der Waals surface area (Å²) in [6.07, 6.45) is 5.64. The number of hydrogen-bond acceptors (Lipinski definition) is 5. The molecule has 6 nitrogen and oxygen atoms in total. The van der Waals surface area contributed by atoms with E-state index in [4.69, 9.17) is 21.3 Å². The lowest BCUT2D eigenvalue weighted by atomic mass is 10.1. The molecule has 2 amide bonds. The van der Waals surface area contributed by atoms with Crippen LogP contribution in [-0.2, 0) is 9.59 Å². The second-order valence-electron chi connectivity index (χ2n) is 7.86. The number of methoxy groups -OCH3 is 1. The summed E-state index contributed by atoms with van der Waals surface area (Å²) in [6.45, 7) is 2.79. The van der Waals surface area contributed by atoms with Crippen LogP contribution in [0.3, 0.4) is 0 Å². The predicted molar refractivity (Wildman–Crippen MR) is 137 cm³/mol. The first-order chi connectivity index (χ1) is 16.0. The zero-order chi connectivity index (χ0) is 23.6. The van der Waals surface area contributed by atoms with Crippen molar-refractivity contribution in [2.75, 3.05) is 19.0 Å². The maximum Gasteiger partial charge on any atom is 0.238 e. The zero-order valence-electron chi connectivity index (χ0n) is 19.1. The molecule has 0 aliphatic carbocycles. The van der Waals surface area contributed by atoms with Crippen molar-refractivity contribution in [2.24, 2.45) is 4.99 Å². The van der Waals surface area contributed by atoms with Crippen molar-refractivity contribution >= 4 is 51.7 Å². The fraction of sp³-hybridized carbons (Fsp3) is 0.400. The van der Waals surface area contributed by atoms with E-state index >= 15 is 0 Å². The molecule has 0 spiro atoms. The van der Waals surface area contributed by atoms with Gasteiger partial charge >= 0.3 is 0 Å². The molecule has 2 aromatic rings. The second kappa shape index (κ2) is 12.7. The summed E-state index contributed by atoms with van der Waals surface area (Å²) in [5.41, 5.74) is 1.35. The lowest BCUT2D eigenvalue weighted by molar-refractivity contribution is -0.129. The first kappa shape index (κ1) is 25.1. The van der Waals surface area contributed by atoms with Crippen LogP contribution in [-0.4, -0.2) is 40.8 Å². The summed E-state index contributed by atoms with van der Waals surface area (Å²) in [5.74, 6) is 0.416. The van der Waals surface area contributed by atoms with Crippen LogP contribution in [0.1, 0.15) is 45.4 Å².